The Hall–Kier alpha value is -0.580. The summed E-state index contributed by atoms with van der Waals surface area (Å²) in [6, 6.07) is 3.79. The second kappa shape index (κ2) is 5.96. The average Bonchev–Trinajstić information content (AvgIpc) is 2.64. The van der Waals surface area contributed by atoms with Crippen LogP contribution in [0.5, 0.6) is 5.06 Å². The Balaban J connectivity index is 2.02. The van der Waals surface area contributed by atoms with Crippen molar-refractivity contribution in [1.29, 1.82) is 0 Å². The van der Waals surface area contributed by atoms with E-state index in [9.17, 15) is 0 Å². The maximum atomic E-state index is 8.65. The van der Waals surface area contributed by atoms with Crippen molar-refractivity contribution in [3.05, 3.63) is 17.5 Å². The predicted octanol–water partition coefficient (Wildman–Crippen LogP) is 1.23. The number of aliphatic hydroxyl groups is 1. The molecule has 0 spiro atoms. The van der Waals surface area contributed by atoms with Crippen molar-refractivity contribution in [2.45, 2.75) is 18.9 Å². The lowest BCUT2D eigenvalue weighted by atomic mass is 10.2. The van der Waals surface area contributed by atoms with E-state index in [0.717, 1.165) is 17.9 Å². The van der Waals surface area contributed by atoms with Crippen molar-refractivity contribution < 1.29 is 9.84 Å². The van der Waals surface area contributed by atoms with Crippen LogP contribution in [0.2, 0.25) is 0 Å². The molecule has 1 rings (SSSR count). The summed E-state index contributed by atoms with van der Waals surface area (Å²) in [5.41, 5.74) is 5.53. The van der Waals surface area contributed by atoms with Gasteiger partial charge in [-0.25, -0.2) is 0 Å². The van der Waals surface area contributed by atoms with E-state index in [4.69, 9.17) is 15.6 Å². The van der Waals surface area contributed by atoms with Gasteiger partial charge in [-0.2, -0.15) is 0 Å². The summed E-state index contributed by atoms with van der Waals surface area (Å²) in [5, 5.41) is 11.6. The highest BCUT2D eigenvalue weighted by atomic mass is 32.1. The lowest BCUT2D eigenvalue weighted by Crippen LogP contribution is -2.24. The zero-order valence-corrected chi connectivity index (χ0v) is 8.30. The zero-order valence-electron chi connectivity index (χ0n) is 7.48. The minimum absolute atomic E-state index is 0.0546. The fourth-order valence-electron chi connectivity index (χ4n) is 0.955. The van der Waals surface area contributed by atoms with E-state index in [2.05, 4.69) is 0 Å². The van der Waals surface area contributed by atoms with E-state index in [1.165, 1.54) is 0 Å². The first-order chi connectivity index (χ1) is 6.33. The highest BCUT2D eigenvalue weighted by molar-refractivity contribution is 7.11. The summed E-state index contributed by atoms with van der Waals surface area (Å²) >= 11 is 1.58. The Kier molecular flexibility index (Phi) is 4.82. The Bertz CT molecular complexity index is 213. The molecule has 1 aromatic heterocycles. The Morgan fingerprint density at radius 3 is 3.08 bits per heavy atom. The third-order valence-corrected chi connectivity index (χ3v) is 2.47. The molecule has 0 fully saturated rings. The number of rotatable bonds is 6. The smallest absolute Gasteiger partial charge is 0.173 e. The molecule has 0 aromatic carbocycles. The van der Waals surface area contributed by atoms with E-state index < -0.39 is 0 Å². The second-order valence-electron chi connectivity index (χ2n) is 2.87. The van der Waals surface area contributed by atoms with Crippen LogP contribution in [0.25, 0.3) is 0 Å². The van der Waals surface area contributed by atoms with Crippen LogP contribution in [0.3, 0.4) is 0 Å². The minimum atomic E-state index is -0.105. The highest BCUT2D eigenvalue weighted by Crippen LogP contribution is 2.18. The number of hydrogen-bond donors (Lipinski definition) is 2. The maximum absolute atomic E-state index is 8.65. The first-order valence-corrected chi connectivity index (χ1v) is 5.23. The molecule has 3 nitrogen and oxygen atoms in total. The molecule has 1 unspecified atom stereocenters. The molecule has 1 atom stereocenters. The number of nitrogens with two attached hydrogens (primary N) is 1. The van der Waals surface area contributed by atoms with Crippen LogP contribution in [-0.4, -0.2) is 24.4 Å². The van der Waals surface area contributed by atoms with Crippen molar-refractivity contribution in [1.82, 2.24) is 0 Å². The SMILES string of the molecule is NC(CO)CCCOc1cccs1. The highest BCUT2D eigenvalue weighted by Gasteiger charge is 2.00. The van der Waals surface area contributed by atoms with E-state index >= 15 is 0 Å². The molecule has 0 aliphatic rings. The topological polar surface area (TPSA) is 55.5 Å². The van der Waals surface area contributed by atoms with Gasteiger partial charge >= 0.3 is 0 Å². The Morgan fingerprint density at radius 1 is 1.62 bits per heavy atom. The normalized spacial score (nSPS) is 12.8. The Morgan fingerprint density at radius 2 is 2.46 bits per heavy atom. The van der Waals surface area contributed by atoms with E-state index in [1.807, 2.05) is 17.5 Å². The molecule has 1 heterocycles. The van der Waals surface area contributed by atoms with Crippen LogP contribution < -0.4 is 10.5 Å². The first-order valence-electron chi connectivity index (χ1n) is 4.35. The summed E-state index contributed by atoms with van der Waals surface area (Å²) in [6.45, 7) is 0.729. The fraction of sp³-hybridized carbons (Fsp3) is 0.556. The lowest BCUT2D eigenvalue weighted by Gasteiger charge is -2.07. The van der Waals surface area contributed by atoms with Gasteiger partial charge in [-0.3, -0.25) is 0 Å². The van der Waals surface area contributed by atoms with Crippen LogP contribution >= 0.6 is 11.3 Å². The molecular formula is C9H15NO2S. The molecule has 0 aliphatic carbocycles. The molecule has 1 aromatic rings. The molecule has 4 heteroatoms. The van der Waals surface area contributed by atoms with E-state index in [1.54, 1.807) is 11.3 Å². The van der Waals surface area contributed by atoms with Crippen molar-refractivity contribution >= 4 is 11.3 Å². The zero-order chi connectivity index (χ0) is 9.52. The summed E-state index contributed by atoms with van der Waals surface area (Å²) in [7, 11) is 0. The summed E-state index contributed by atoms with van der Waals surface area (Å²) in [4.78, 5) is 0. The Labute approximate surface area is 82.1 Å². The van der Waals surface area contributed by atoms with Crippen LogP contribution in [0.1, 0.15) is 12.8 Å². The monoisotopic (exact) mass is 201 g/mol. The molecular weight excluding hydrogens is 186 g/mol. The molecule has 0 aliphatic heterocycles. The largest absolute Gasteiger partial charge is 0.484 e. The maximum Gasteiger partial charge on any atom is 0.173 e. The number of ether oxygens (including phenoxy) is 1. The van der Waals surface area contributed by atoms with Crippen LogP contribution in [-0.2, 0) is 0 Å². The lowest BCUT2D eigenvalue weighted by molar-refractivity contribution is 0.245. The van der Waals surface area contributed by atoms with Crippen LogP contribution in [0, 0.1) is 0 Å². The average molecular weight is 201 g/mol. The number of aliphatic hydroxyl groups excluding tert-OH is 1. The quantitative estimate of drug-likeness (QED) is 0.681. The van der Waals surface area contributed by atoms with Gasteiger partial charge in [0.25, 0.3) is 0 Å². The van der Waals surface area contributed by atoms with Crippen molar-refractivity contribution in [3.8, 4) is 5.06 Å². The van der Waals surface area contributed by atoms with Gasteiger partial charge in [0.1, 0.15) is 0 Å². The number of thiophene rings is 1. The van der Waals surface area contributed by atoms with Gasteiger partial charge in [-0.15, -0.1) is 11.3 Å². The summed E-state index contributed by atoms with van der Waals surface area (Å²) in [5.74, 6) is 0. The molecule has 13 heavy (non-hydrogen) atoms. The third-order valence-electron chi connectivity index (χ3n) is 1.69. The molecule has 3 N–H and O–H groups in total. The van der Waals surface area contributed by atoms with E-state index in [0.29, 0.717) is 6.61 Å². The van der Waals surface area contributed by atoms with Gasteiger partial charge in [-0.1, -0.05) is 0 Å². The number of hydrogen-bond acceptors (Lipinski definition) is 4. The molecule has 0 saturated heterocycles. The fourth-order valence-corrected chi connectivity index (χ4v) is 1.55. The molecule has 74 valence electrons. The van der Waals surface area contributed by atoms with Gasteiger partial charge < -0.3 is 15.6 Å². The van der Waals surface area contributed by atoms with Gasteiger partial charge in [0, 0.05) is 6.04 Å². The van der Waals surface area contributed by atoms with Crippen LogP contribution in [0.15, 0.2) is 17.5 Å². The molecule has 0 radical (unpaired) electrons. The van der Waals surface area contributed by atoms with Crippen LogP contribution in [0.4, 0.5) is 0 Å². The molecule has 0 bridgehead atoms. The minimum Gasteiger partial charge on any atom is -0.484 e. The van der Waals surface area contributed by atoms with Gasteiger partial charge in [-0.05, 0) is 30.4 Å². The summed E-state index contributed by atoms with van der Waals surface area (Å²) in [6.07, 6.45) is 1.70. The predicted molar refractivity (Wildman–Crippen MR) is 54.1 cm³/mol. The summed E-state index contributed by atoms with van der Waals surface area (Å²) < 4.78 is 5.42. The van der Waals surface area contributed by atoms with Gasteiger partial charge in [0.05, 0.1) is 13.2 Å². The van der Waals surface area contributed by atoms with E-state index in [-0.39, 0.29) is 12.6 Å². The molecule has 0 saturated carbocycles. The molecule has 0 amide bonds. The van der Waals surface area contributed by atoms with Gasteiger partial charge in [0.2, 0.25) is 0 Å². The van der Waals surface area contributed by atoms with Gasteiger partial charge in [0.15, 0.2) is 5.06 Å². The van der Waals surface area contributed by atoms with Crippen molar-refractivity contribution in [3.63, 3.8) is 0 Å². The third kappa shape index (κ3) is 4.26. The van der Waals surface area contributed by atoms with Crippen molar-refractivity contribution in [2.24, 2.45) is 5.73 Å². The standard InChI is InChI=1S/C9H15NO2S/c10-8(7-11)3-1-5-12-9-4-2-6-13-9/h2,4,6,8,11H,1,3,5,7,10H2. The second-order valence-corrected chi connectivity index (χ2v) is 3.78. The van der Waals surface area contributed by atoms with Crippen molar-refractivity contribution in [2.75, 3.05) is 13.2 Å². The first kappa shape index (κ1) is 10.5.